The van der Waals surface area contributed by atoms with Crippen LogP contribution in [-0.4, -0.2) is 58.0 Å². The van der Waals surface area contributed by atoms with Gasteiger partial charge < -0.3 is 9.47 Å². The zero-order valence-electron chi connectivity index (χ0n) is 19.1. The molecule has 1 saturated carbocycles. The number of nitrogens with zero attached hydrogens (tertiary/aromatic N) is 4. The Morgan fingerprint density at radius 1 is 1.00 bits per heavy atom. The lowest BCUT2D eigenvalue weighted by Gasteiger charge is -2.38. The molecule has 2 heterocycles. The lowest BCUT2D eigenvalue weighted by atomic mass is 9.79. The number of piperazine rings is 1. The van der Waals surface area contributed by atoms with Gasteiger partial charge in [-0.3, -0.25) is 9.69 Å². The molecule has 0 unspecified atom stereocenters. The lowest BCUT2D eigenvalue weighted by Crippen LogP contribution is -2.51. The molecule has 1 aliphatic heterocycles. The fraction of sp³-hybridized carbons (Fsp3) is 0.615. The van der Waals surface area contributed by atoms with Gasteiger partial charge in [-0.1, -0.05) is 56.5 Å². The van der Waals surface area contributed by atoms with Gasteiger partial charge in [-0.2, -0.15) is 0 Å². The number of imidazole rings is 1. The number of hydrogen-bond donors (Lipinski definition) is 0. The van der Waals surface area contributed by atoms with Crippen molar-refractivity contribution in [1.29, 1.82) is 0 Å². The van der Waals surface area contributed by atoms with Gasteiger partial charge in [0.2, 0.25) is 5.91 Å². The van der Waals surface area contributed by atoms with Crippen molar-refractivity contribution in [1.82, 2.24) is 19.4 Å². The predicted octanol–water partition coefficient (Wildman–Crippen LogP) is 4.69. The van der Waals surface area contributed by atoms with E-state index < -0.39 is 0 Å². The van der Waals surface area contributed by atoms with Crippen LogP contribution in [0.15, 0.2) is 42.7 Å². The van der Waals surface area contributed by atoms with Crippen LogP contribution in [0.5, 0.6) is 0 Å². The maximum atomic E-state index is 13.0. The highest BCUT2D eigenvalue weighted by atomic mass is 16.2. The summed E-state index contributed by atoms with van der Waals surface area (Å²) in [4.78, 5) is 22.2. The van der Waals surface area contributed by atoms with Crippen molar-refractivity contribution in [2.24, 2.45) is 11.8 Å². The van der Waals surface area contributed by atoms with E-state index in [9.17, 15) is 4.79 Å². The van der Waals surface area contributed by atoms with Crippen molar-refractivity contribution in [2.45, 2.75) is 58.4 Å². The van der Waals surface area contributed by atoms with E-state index in [0.29, 0.717) is 5.91 Å². The second-order valence-corrected chi connectivity index (χ2v) is 9.34. The highest BCUT2D eigenvalue weighted by Gasteiger charge is 2.30. The molecular weight excluding hydrogens is 384 g/mol. The van der Waals surface area contributed by atoms with Crippen LogP contribution in [0.25, 0.3) is 11.4 Å². The Morgan fingerprint density at radius 2 is 1.74 bits per heavy atom. The van der Waals surface area contributed by atoms with Crippen LogP contribution in [0.1, 0.15) is 51.9 Å². The van der Waals surface area contributed by atoms with Gasteiger partial charge in [0, 0.05) is 63.1 Å². The fourth-order valence-electron chi connectivity index (χ4n) is 5.23. The Balaban J connectivity index is 1.20. The van der Waals surface area contributed by atoms with Crippen LogP contribution in [0.3, 0.4) is 0 Å². The van der Waals surface area contributed by atoms with E-state index in [4.69, 9.17) is 0 Å². The van der Waals surface area contributed by atoms with E-state index >= 15 is 0 Å². The second kappa shape index (κ2) is 10.9. The lowest BCUT2D eigenvalue weighted by molar-refractivity contribution is -0.138. The third kappa shape index (κ3) is 5.76. The monoisotopic (exact) mass is 422 g/mol. The smallest absolute Gasteiger partial charge is 0.225 e. The number of benzene rings is 1. The van der Waals surface area contributed by atoms with Crippen LogP contribution in [0.2, 0.25) is 0 Å². The molecular formula is C26H38N4O. The number of hydrogen-bond acceptors (Lipinski definition) is 3. The summed E-state index contributed by atoms with van der Waals surface area (Å²) in [5, 5.41) is 0. The Hall–Kier alpha value is -2.14. The van der Waals surface area contributed by atoms with Crippen molar-refractivity contribution < 1.29 is 4.79 Å². The first kappa shape index (κ1) is 22.1. The molecule has 0 atom stereocenters. The molecule has 1 aromatic carbocycles. The second-order valence-electron chi connectivity index (χ2n) is 9.34. The van der Waals surface area contributed by atoms with E-state index in [-0.39, 0.29) is 5.92 Å². The Kier molecular flexibility index (Phi) is 7.79. The third-order valence-electron chi connectivity index (χ3n) is 7.25. The first-order valence-corrected chi connectivity index (χ1v) is 12.3. The minimum absolute atomic E-state index is 0.281. The number of rotatable bonds is 8. The summed E-state index contributed by atoms with van der Waals surface area (Å²) >= 11 is 0. The summed E-state index contributed by atoms with van der Waals surface area (Å²) in [5.74, 6) is 2.60. The molecule has 2 aromatic rings. The fourth-order valence-corrected chi connectivity index (χ4v) is 5.23. The minimum Gasteiger partial charge on any atom is -0.340 e. The van der Waals surface area contributed by atoms with E-state index in [1.54, 1.807) is 0 Å². The van der Waals surface area contributed by atoms with Gasteiger partial charge in [-0.05, 0) is 31.6 Å². The molecule has 5 heteroatoms. The van der Waals surface area contributed by atoms with Gasteiger partial charge in [0.25, 0.3) is 0 Å². The molecule has 0 spiro atoms. The Bertz CT molecular complexity index is 802. The van der Waals surface area contributed by atoms with Crippen molar-refractivity contribution in [3.63, 3.8) is 0 Å². The molecule has 5 nitrogen and oxygen atoms in total. The molecule has 0 radical (unpaired) electrons. The number of carbonyl (C=O) groups is 1. The average Bonchev–Trinajstić information content (AvgIpc) is 3.31. The quantitative estimate of drug-likeness (QED) is 0.620. The third-order valence-corrected chi connectivity index (χ3v) is 7.25. The van der Waals surface area contributed by atoms with Crippen LogP contribution < -0.4 is 0 Å². The molecule has 0 bridgehead atoms. The summed E-state index contributed by atoms with van der Waals surface area (Å²) in [5.41, 5.74) is 1.16. The van der Waals surface area contributed by atoms with Gasteiger partial charge in [0.15, 0.2) is 0 Å². The molecule has 2 fully saturated rings. The van der Waals surface area contributed by atoms with Crippen molar-refractivity contribution in [2.75, 3.05) is 32.7 Å². The number of carbonyl (C=O) groups excluding carboxylic acids is 1. The van der Waals surface area contributed by atoms with Gasteiger partial charge in [-0.25, -0.2) is 4.98 Å². The van der Waals surface area contributed by atoms with Gasteiger partial charge in [-0.15, -0.1) is 0 Å². The Morgan fingerprint density at radius 3 is 2.45 bits per heavy atom. The SMILES string of the molecule is CCCCC1CCC(C(=O)N2CCN(CCn3ccnc3-c3ccccc3)CC2)CC1. The van der Waals surface area contributed by atoms with Gasteiger partial charge in [0.05, 0.1) is 0 Å². The van der Waals surface area contributed by atoms with Gasteiger partial charge >= 0.3 is 0 Å². The molecule has 2 aliphatic rings. The molecule has 31 heavy (non-hydrogen) atoms. The van der Waals surface area contributed by atoms with Crippen LogP contribution in [0, 0.1) is 11.8 Å². The number of amides is 1. The van der Waals surface area contributed by atoms with Crippen molar-refractivity contribution in [3.8, 4) is 11.4 Å². The van der Waals surface area contributed by atoms with Crippen molar-refractivity contribution in [3.05, 3.63) is 42.7 Å². The van der Waals surface area contributed by atoms with E-state index in [1.165, 1.54) is 32.1 Å². The molecule has 1 amide bonds. The first-order valence-electron chi connectivity index (χ1n) is 12.3. The average molecular weight is 423 g/mol. The summed E-state index contributed by atoms with van der Waals surface area (Å²) in [7, 11) is 0. The zero-order valence-corrected chi connectivity index (χ0v) is 19.1. The Labute approximate surface area is 187 Å². The van der Waals surface area contributed by atoms with Crippen LogP contribution >= 0.6 is 0 Å². The molecule has 168 valence electrons. The molecule has 0 N–H and O–H groups in total. The largest absolute Gasteiger partial charge is 0.340 e. The maximum Gasteiger partial charge on any atom is 0.225 e. The molecule has 1 saturated heterocycles. The van der Waals surface area contributed by atoms with Gasteiger partial charge in [0.1, 0.15) is 5.82 Å². The van der Waals surface area contributed by atoms with Crippen molar-refractivity contribution >= 4 is 5.91 Å². The summed E-state index contributed by atoms with van der Waals surface area (Å²) in [6.07, 6.45) is 12.7. The normalized spacial score (nSPS) is 22.5. The minimum atomic E-state index is 0.281. The van der Waals surface area contributed by atoms with Crippen LogP contribution in [-0.2, 0) is 11.3 Å². The first-order chi connectivity index (χ1) is 15.2. The highest BCUT2D eigenvalue weighted by molar-refractivity contribution is 5.79. The predicted molar refractivity (Wildman–Crippen MR) is 126 cm³/mol. The topological polar surface area (TPSA) is 41.4 Å². The number of aromatic nitrogens is 2. The van der Waals surface area contributed by atoms with E-state index in [2.05, 4.69) is 56.7 Å². The summed E-state index contributed by atoms with van der Waals surface area (Å²) in [6.45, 7) is 7.92. The maximum absolute atomic E-state index is 13.0. The molecule has 1 aromatic heterocycles. The van der Waals surface area contributed by atoms with Crippen LogP contribution in [0.4, 0.5) is 0 Å². The summed E-state index contributed by atoms with van der Waals surface area (Å²) < 4.78 is 2.24. The standard InChI is InChI=1S/C26H38N4O/c1-2-3-7-22-10-12-24(13-11-22)26(31)30-20-17-28(18-21-30)16-19-29-15-14-27-25(29)23-8-5-4-6-9-23/h4-6,8-9,14-15,22,24H,2-3,7,10-13,16-21H2,1H3. The zero-order chi connectivity index (χ0) is 21.5. The molecule has 1 aliphatic carbocycles. The molecule has 4 rings (SSSR count). The van der Waals surface area contributed by atoms with E-state index in [1.807, 2.05) is 12.3 Å². The number of unbranched alkanes of at least 4 members (excludes halogenated alkanes) is 1. The summed E-state index contributed by atoms with van der Waals surface area (Å²) in [6, 6.07) is 10.4. The highest BCUT2D eigenvalue weighted by Crippen LogP contribution is 2.33. The van der Waals surface area contributed by atoms with E-state index in [0.717, 1.165) is 69.4 Å².